The van der Waals surface area contributed by atoms with Crippen LogP contribution in [0.1, 0.15) is 55.3 Å². The Kier molecular flexibility index (Phi) is 3.74. The number of nitrogens with zero attached hydrogens (tertiary/aromatic N) is 2. The van der Waals surface area contributed by atoms with E-state index in [-0.39, 0.29) is 0 Å². The summed E-state index contributed by atoms with van der Waals surface area (Å²) >= 11 is 1.92. The van der Waals surface area contributed by atoms with Gasteiger partial charge in [-0.1, -0.05) is 6.92 Å². The highest BCUT2D eigenvalue weighted by Crippen LogP contribution is 2.40. The zero-order valence-electron chi connectivity index (χ0n) is 14.5. The highest BCUT2D eigenvalue weighted by Gasteiger charge is 2.28. The summed E-state index contributed by atoms with van der Waals surface area (Å²) in [7, 11) is 0. The Morgan fingerprint density at radius 3 is 2.75 bits per heavy atom. The molecular weight excluding hydrogens is 316 g/mol. The van der Waals surface area contributed by atoms with Gasteiger partial charge in [-0.15, -0.1) is 11.3 Å². The molecular formula is C19H27N4S+. The summed E-state index contributed by atoms with van der Waals surface area (Å²) in [6.07, 6.45) is 9.04. The van der Waals surface area contributed by atoms with Crippen molar-refractivity contribution in [2.45, 2.75) is 64.5 Å². The van der Waals surface area contributed by atoms with E-state index >= 15 is 0 Å². The first-order valence-electron chi connectivity index (χ1n) is 9.67. The van der Waals surface area contributed by atoms with Crippen LogP contribution in [-0.4, -0.2) is 29.1 Å². The minimum Gasteiger partial charge on any atom is -0.367 e. The fraction of sp³-hybridized carbons (Fsp3) is 0.684. The number of thiophene rings is 1. The molecule has 24 heavy (non-hydrogen) atoms. The molecule has 1 saturated carbocycles. The Morgan fingerprint density at radius 2 is 1.96 bits per heavy atom. The third kappa shape index (κ3) is 2.82. The molecule has 2 aliphatic carbocycles. The molecule has 2 aromatic heterocycles. The molecule has 0 radical (unpaired) electrons. The Balaban J connectivity index is 1.48. The van der Waals surface area contributed by atoms with Gasteiger partial charge < -0.3 is 10.2 Å². The SMILES string of the molecule is CC1CC[NH+](Cc2nc(NC3CC3)c3c4c(sc3n2)CCC4)CC1. The summed E-state index contributed by atoms with van der Waals surface area (Å²) in [5.74, 6) is 3.08. The number of nitrogens with one attached hydrogen (secondary N) is 2. The predicted octanol–water partition coefficient (Wildman–Crippen LogP) is 2.57. The highest BCUT2D eigenvalue weighted by atomic mass is 32.1. The van der Waals surface area contributed by atoms with E-state index in [4.69, 9.17) is 9.97 Å². The van der Waals surface area contributed by atoms with E-state index in [1.165, 1.54) is 68.3 Å². The molecule has 0 atom stereocenters. The first kappa shape index (κ1) is 15.1. The van der Waals surface area contributed by atoms with E-state index in [9.17, 15) is 0 Å². The van der Waals surface area contributed by atoms with Crippen LogP contribution < -0.4 is 10.2 Å². The molecule has 0 bridgehead atoms. The summed E-state index contributed by atoms with van der Waals surface area (Å²) < 4.78 is 0. The van der Waals surface area contributed by atoms with E-state index in [2.05, 4.69) is 12.2 Å². The highest BCUT2D eigenvalue weighted by molar-refractivity contribution is 7.19. The van der Waals surface area contributed by atoms with Crippen LogP contribution in [0.3, 0.4) is 0 Å². The van der Waals surface area contributed by atoms with Gasteiger partial charge in [0.05, 0.1) is 18.5 Å². The second-order valence-corrected chi connectivity index (χ2v) is 9.14. The average Bonchev–Trinajstić information content (AvgIpc) is 3.14. The van der Waals surface area contributed by atoms with Crippen LogP contribution >= 0.6 is 11.3 Å². The van der Waals surface area contributed by atoms with Crippen molar-refractivity contribution in [1.29, 1.82) is 0 Å². The summed E-state index contributed by atoms with van der Waals surface area (Å²) in [4.78, 5) is 14.5. The van der Waals surface area contributed by atoms with Crippen molar-refractivity contribution in [3.63, 3.8) is 0 Å². The predicted molar refractivity (Wildman–Crippen MR) is 98.9 cm³/mol. The molecule has 5 rings (SSSR count). The Labute approximate surface area is 147 Å². The van der Waals surface area contributed by atoms with E-state index in [0.29, 0.717) is 6.04 Å². The molecule has 2 aromatic rings. The fourth-order valence-corrected chi connectivity index (χ4v) is 5.50. The number of anilines is 1. The van der Waals surface area contributed by atoms with Gasteiger partial charge in [0, 0.05) is 10.9 Å². The van der Waals surface area contributed by atoms with Crippen molar-refractivity contribution in [3.05, 3.63) is 16.3 Å². The van der Waals surface area contributed by atoms with Crippen molar-refractivity contribution >= 4 is 27.4 Å². The number of aryl methyl sites for hydroxylation is 2. The largest absolute Gasteiger partial charge is 0.367 e. The Hall–Kier alpha value is -1.20. The maximum Gasteiger partial charge on any atom is 0.187 e. The van der Waals surface area contributed by atoms with Gasteiger partial charge in [-0.3, -0.25) is 0 Å². The van der Waals surface area contributed by atoms with Gasteiger partial charge >= 0.3 is 0 Å². The quantitative estimate of drug-likeness (QED) is 0.897. The minimum absolute atomic E-state index is 0.649. The smallest absolute Gasteiger partial charge is 0.187 e. The molecule has 4 nitrogen and oxygen atoms in total. The van der Waals surface area contributed by atoms with Crippen molar-refractivity contribution in [1.82, 2.24) is 9.97 Å². The maximum atomic E-state index is 5.01. The molecule has 1 aliphatic heterocycles. The first-order chi connectivity index (χ1) is 11.8. The van der Waals surface area contributed by atoms with E-state index in [1.54, 1.807) is 15.3 Å². The van der Waals surface area contributed by atoms with Crippen LogP contribution in [0.5, 0.6) is 0 Å². The third-order valence-electron chi connectivity index (χ3n) is 5.92. The van der Waals surface area contributed by atoms with E-state index in [0.717, 1.165) is 24.1 Å². The number of hydrogen-bond acceptors (Lipinski definition) is 4. The van der Waals surface area contributed by atoms with Crippen LogP contribution in [0.2, 0.25) is 0 Å². The lowest BCUT2D eigenvalue weighted by Crippen LogP contribution is -3.11. The van der Waals surface area contributed by atoms with Crippen molar-refractivity contribution in [2.24, 2.45) is 5.92 Å². The van der Waals surface area contributed by atoms with Gasteiger partial charge in [0.25, 0.3) is 0 Å². The van der Waals surface area contributed by atoms with Gasteiger partial charge in [0.15, 0.2) is 5.82 Å². The number of piperidine rings is 1. The molecule has 0 unspecified atom stereocenters. The molecule has 5 heteroatoms. The topological polar surface area (TPSA) is 42.2 Å². The number of aromatic nitrogens is 2. The van der Waals surface area contributed by atoms with Crippen molar-refractivity contribution in [2.75, 3.05) is 18.4 Å². The molecule has 3 aliphatic rings. The van der Waals surface area contributed by atoms with Crippen LogP contribution in [0.4, 0.5) is 5.82 Å². The fourth-order valence-electron chi connectivity index (χ4n) is 4.22. The summed E-state index contributed by atoms with van der Waals surface area (Å²) in [5, 5.41) is 5.06. The molecule has 0 amide bonds. The van der Waals surface area contributed by atoms with Crippen LogP contribution in [0.25, 0.3) is 10.2 Å². The maximum absolute atomic E-state index is 5.01. The van der Waals surface area contributed by atoms with E-state index in [1.807, 2.05) is 11.3 Å². The summed E-state index contributed by atoms with van der Waals surface area (Å²) in [6.45, 7) is 5.92. The molecule has 2 N–H and O–H groups in total. The van der Waals surface area contributed by atoms with Gasteiger partial charge in [-0.2, -0.15) is 0 Å². The molecule has 2 fully saturated rings. The molecule has 0 spiro atoms. The molecule has 0 aromatic carbocycles. The molecule has 1 saturated heterocycles. The number of quaternary nitrogens is 1. The lowest BCUT2D eigenvalue weighted by atomic mass is 9.99. The minimum atomic E-state index is 0.649. The lowest BCUT2D eigenvalue weighted by Gasteiger charge is -2.26. The Bertz CT molecular complexity index is 756. The summed E-state index contributed by atoms with van der Waals surface area (Å²) in [5.41, 5.74) is 1.55. The number of rotatable bonds is 4. The second-order valence-electron chi connectivity index (χ2n) is 8.05. The monoisotopic (exact) mass is 343 g/mol. The first-order valence-corrected chi connectivity index (χ1v) is 10.5. The van der Waals surface area contributed by atoms with E-state index < -0.39 is 0 Å². The normalized spacial score (nSPS) is 26.7. The zero-order valence-corrected chi connectivity index (χ0v) is 15.3. The second kappa shape index (κ2) is 5.95. The standard InChI is InChI=1S/C19H26N4S/c1-12-7-9-23(10-8-12)11-16-21-18(20-13-5-6-13)17-14-3-2-4-15(14)24-19(17)22-16/h12-13H,2-11H2,1H3,(H,20,21,22)/p+1. The number of likely N-dealkylation sites (tertiary alicyclic amines) is 1. The van der Waals surface area contributed by atoms with Gasteiger partial charge in [0.1, 0.15) is 17.2 Å². The van der Waals surface area contributed by atoms with Crippen molar-refractivity contribution < 1.29 is 4.90 Å². The van der Waals surface area contributed by atoms with Crippen LogP contribution in [0.15, 0.2) is 0 Å². The summed E-state index contributed by atoms with van der Waals surface area (Å²) in [6, 6.07) is 0.649. The van der Waals surface area contributed by atoms with Gasteiger partial charge in [-0.25, -0.2) is 9.97 Å². The van der Waals surface area contributed by atoms with Crippen LogP contribution in [0, 0.1) is 5.92 Å². The Morgan fingerprint density at radius 1 is 1.12 bits per heavy atom. The zero-order chi connectivity index (χ0) is 16.1. The third-order valence-corrected chi connectivity index (χ3v) is 7.10. The average molecular weight is 344 g/mol. The number of fused-ring (bicyclic) bond motifs is 3. The van der Waals surface area contributed by atoms with Crippen molar-refractivity contribution in [3.8, 4) is 0 Å². The molecule has 3 heterocycles. The number of hydrogen-bond donors (Lipinski definition) is 2. The van der Waals surface area contributed by atoms with Gasteiger partial charge in [-0.05, 0) is 56.4 Å². The lowest BCUT2D eigenvalue weighted by molar-refractivity contribution is -0.920. The molecule has 128 valence electrons. The van der Waals surface area contributed by atoms with Gasteiger partial charge in [0.2, 0.25) is 0 Å². The van der Waals surface area contributed by atoms with Crippen LogP contribution in [-0.2, 0) is 19.4 Å².